The van der Waals surface area contributed by atoms with Crippen LogP contribution in [-0.4, -0.2) is 4.98 Å². The Bertz CT molecular complexity index is 590. The average molecular weight is 305 g/mol. The maximum Gasteiger partial charge on any atom is 0.142 e. The standard InChI is InChI=1S/C12H11Cl2FN2S/c1-12(2,16)11-17-10(5-18-11)6-3-9(15)8(14)4-7(6)13/h3-5H,16H2,1-2H3. The lowest BCUT2D eigenvalue weighted by molar-refractivity contribution is 0.551. The van der Waals surface area contributed by atoms with E-state index in [2.05, 4.69) is 4.98 Å². The van der Waals surface area contributed by atoms with Gasteiger partial charge < -0.3 is 5.73 Å². The van der Waals surface area contributed by atoms with Gasteiger partial charge in [0.25, 0.3) is 0 Å². The van der Waals surface area contributed by atoms with Gasteiger partial charge in [0.2, 0.25) is 0 Å². The van der Waals surface area contributed by atoms with Gasteiger partial charge in [0.05, 0.1) is 21.3 Å². The van der Waals surface area contributed by atoms with Gasteiger partial charge in [-0.05, 0) is 26.0 Å². The van der Waals surface area contributed by atoms with E-state index in [9.17, 15) is 4.39 Å². The minimum absolute atomic E-state index is 0.00152. The molecule has 0 atom stereocenters. The fraction of sp³-hybridized carbons (Fsp3) is 0.250. The maximum atomic E-state index is 13.4. The van der Waals surface area contributed by atoms with Gasteiger partial charge in [0.1, 0.15) is 10.8 Å². The Morgan fingerprint density at radius 1 is 1.28 bits per heavy atom. The second-order valence-corrected chi connectivity index (χ2v) is 6.18. The lowest BCUT2D eigenvalue weighted by atomic mass is 10.1. The molecule has 0 spiro atoms. The molecule has 96 valence electrons. The van der Waals surface area contributed by atoms with Gasteiger partial charge in [-0.15, -0.1) is 11.3 Å². The van der Waals surface area contributed by atoms with Crippen LogP contribution in [0.25, 0.3) is 11.3 Å². The predicted octanol–water partition coefficient (Wildman–Crippen LogP) is 4.45. The van der Waals surface area contributed by atoms with Crippen molar-refractivity contribution in [1.29, 1.82) is 0 Å². The van der Waals surface area contributed by atoms with E-state index in [1.54, 1.807) is 5.38 Å². The molecule has 0 unspecified atom stereocenters. The first-order valence-corrected chi connectivity index (χ1v) is 6.82. The second kappa shape index (κ2) is 4.78. The van der Waals surface area contributed by atoms with Crippen molar-refractivity contribution in [1.82, 2.24) is 4.98 Å². The zero-order valence-corrected chi connectivity index (χ0v) is 12.1. The normalized spacial score (nSPS) is 11.9. The smallest absolute Gasteiger partial charge is 0.142 e. The molecule has 2 rings (SSSR count). The minimum atomic E-state index is -0.527. The van der Waals surface area contributed by atoms with E-state index in [-0.39, 0.29) is 5.02 Å². The highest BCUT2D eigenvalue weighted by atomic mass is 35.5. The van der Waals surface area contributed by atoms with E-state index in [0.717, 1.165) is 5.01 Å². The zero-order chi connectivity index (χ0) is 13.5. The fourth-order valence-corrected chi connectivity index (χ4v) is 2.75. The van der Waals surface area contributed by atoms with Gasteiger partial charge in [-0.3, -0.25) is 0 Å². The molecular weight excluding hydrogens is 294 g/mol. The lowest BCUT2D eigenvalue weighted by Gasteiger charge is -2.14. The molecule has 0 radical (unpaired) electrons. The molecule has 0 amide bonds. The van der Waals surface area contributed by atoms with Gasteiger partial charge in [0.15, 0.2) is 0 Å². The van der Waals surface area contributed by atoms with Crippen LogP contribution < -0.4 is 5.73 Å². The summed E-state index contributed by atoms with van der Waals surface area (Å²) in [6.07, 6.45) is 0. The number of aromatic nitrogens is 1. The summed E-state index contributed by atoms with van der Waals surface area (Å²) in [5, 5.41) is 2.94. The third-order valence-corrected chi connectivity index (χ3v) is 4.13. The van der Waals surface area contributed by atoms with Gasteiger partial charge in [-0.25, -0.2) is 9.37 Å². The third kappa shape index (κ3) is 2.67. The van der Waals surface area contributed by atoms with Crippen LogP contribution >= 0.6 is 34.5 Å². The molecule has 2 aromatic rings. The Morgan fingerprint density at radius 2 is 1.94 bits per heavy atom. The highest BCUT2D eigenvalue weighted by Gasteiger charge is 2.20. The summed E-state index contributed by atoms with van der Waals surface area (Å²) in [5.41, 5.74) is 6.56. The zero-order valence-electron chi connectivity index (χ0n) is 9.80. The third-order valence-electron chi connectivity index (χ3n) is 2.34. The van der Waals surface area contributed by atoms with Crippen LogP contribution in [0.2, 0.25) is 10.0 Å². The SMILES string of the molecule is CC(C)(N)c1nc(-c2cc(F)c(Cl)cc2Cl)cs1. The number of hydrogen-bond donors (Lipinski definition) is 1. The molecule has 0 aliphatic heterocycles. The number of nitrogens with two attached hydrogens (primary N) is 1. The second-order valence-electron chi connectivity index (χ2n) is 4.51. The number of nitrogens with zero attached hydrogens (tertiary/aromatic N) is 1. The summed E-state index contributed by atoms with van der Waals surface area (Å²) in [4.78, 5) is 4.38. The molecule has 0 fully saturated rings. The Hall–Kier alpha value is -0.680. The first-order chi connectivity index (χ1) is 8.29. The van der Waals surface area contributed by atoms with E-state index in [1.165, 1.54) is 23.5 Å². The fourth-order valence-electron chi connectivity index (χ4n) is 1.41. The van der Waals surface area contributed by atoms with Crippen molar-refractivity contribution in [2.24, 2.45) is 5.73 Å². The van der Waals surface area contributed by atoms with Crippen molar-refractivity contribution in [3.8, 4) is 11.3 Å². The Balaban J connectivity index is 2.50. The predicted molar refractivity (Wildman–Crippen MR) is 74.7 cm³/mol. The number of thiazole rings is 1. The number of benzene rings is 1. The number of hydrogen-bond acceptors (Lipinski definition) is 3. The molecule has 0 saturated carbocycles. The summed E-state index contributed by atoms with van der Waals surface area (Å²) in [5.74, 6) is -0.516. The van der Waals surface area contributed by atoms with Crippen LogP contribution in [0, 0.1) is 5.82 Å². The van der Waals surface area contributed by atoms with Crippen molar-refractivity contribution >= 4 is 34.5 Å². The summed E-state index contributed by atoms with van der Waals surface area (Å²) >= 11 is 13.1. The van der Waals surface area contributed by atoms with Crippen LogP contribution in [0.1, 0.15) is 18.9 Å². The average Bonchev–Trinajstić information content (AvgIpc) is 2.72. The molecule has 1 aromatic carbocycles. The maximum absolute atomic E-state index is 13.4. The van der Waals surface area contributed by atoms with Crippen LogP contribution in [-0.2, 0) is 5.54 Å². The quantitative estimate of drug-likeness (QED) is 0.833. The van der Waals surface area contributed by atoms with Crippen molar-refractivity contribution in [3.05, 3.63) is 38.4 Å². The Kier molecular flexibility index (Phi) is 3.65. The molecule has 6 heteroatoms. The van der Waals surface area contributed by atoms with E-state index in [4.69, 9.17) is 28.9 Å². The Morgan fingerprint density at radius 3 is 2.50 bits per heavy atom. The van der Waals surface area contributed by atoms with Gasteiger partial charge in [0, 0.05) is 10.9 Å². The molecule has 18 heavy (non-hydrogen) atoms. The molecule has 1 aromatic heterocycles. The lowest BCUT2D eigenvalue weighted by Crippen LogP contribution is -2.28. The van der Waals surface area contributed by atoms with Crippen molar-refractivity contribution in [3.63, 3.8) is 0 Å². The number of halogens is 3. The van der Waals surface area contributed by atoms with Gasteiger partial charge >= 0.3 is 0 Å². The molecule has 0 bridgehead atoms. The van der Waals surface area contributed by atoms with Crippen LogP contribution in [0.5, 0.6) is 0 Å². The molecular formula is C12H11Cl2FN2S. The van der Waals surface area contributed by atoms with E-state index in [1.807, 2.05) is 13.8 Å². The Labute approximate surface area is 119 Å². The van der Waals surface area contributed by atoms with Crippen LogP contribution in [0.3, 0.4) is 0 Å². The molecule has 1 heterocycles. The first kappa shape index (κ1) is 13.7. The van der Waals surface area contributed by atoms with Crippen molar-refractivity contribution in [2.75, 3.05) is 0 Å². The molecule has 0 aliphatic rings. The highest BCUT2D eigenvalue weighted by molar-refractivity contribution is 7.10. The molecule has 2 nitrogen and oxygen atoms in total. The summed E-state index contributed by atoms with van der Waals surface area (Å²) in [6.45, 7) is 3.72. The highest BCUT2D eigenvalue weighted by Crippen LogP contribution is 2.34. The van der Waals surface area contributed by atoms with Gasteiger partial charge in [-0.2, -0.15) is 0 Å². The molecule has 2 N–H and O–H groups in total. The molecule has 0 saturated heterocycles. The monoisotopic (exact) mass is 304 g/mol. The topological polar surface area (TPSA) is 38.9 Å². The van der Waals surface area contributed by atoms with E-state index in [0.29, 0.717) is 16.3 Å². The minimum Gasteiger partial charge on any atom is -0.320 e. The summed E-state index contributed by atoms with van der Waals surface area (Å²) in [6, 6.07) is 2.66. The summed E-state index contributed by atoms with van der Waals surface area (Å²) < 4.78 is 13.4. The number of rotatable bonds is 2. The van der Waals surface area contributed by atoms with Crippen molar-refractivity contribution < 1.29 is 4.39 Å². The van der Waals surface area contributed by atoms with Crippen LogP contribution in [0.15, 0.2) is 17.5 Å². The first-order valence-electron chi connectivity index (χ1n) is 5.19. The largest absolute Gasteiger partial charge is 0.320 e. The van der Waals surface area contributed by atoms with E-state index >= 15 is 0 Å². The molecule has 0 aliphatic carbocycles. The summed E-state index contributed by atoms with van der Waals surface area (Å²) in [7, 11) is 0. The van der Waals surface area contributed by atoms with Crippen molar-refractivity contribution in [2.45, 2.75) is 19.4 Å². The van der Waals surface area contributed by atoms with E-state index < -0.39 is 11.4 Å². The van der Waals surface area contributed by atoms with Crippen LogP contribution in [0.4, 0.5) is 4.39 Å². The van der Waals surface area contributed by atoms with Gasteiger partial charge in [-0.1, -0.05) is 23.2 Å².